The van der Waals surface area contributed by atoms with E-state index < -0.39 is 0 Å². The van der Waals surface area contributed by atoms with Crippen molar-refractivity contribution in [2.45, 2.75) is 6.61 Å². The predicted octanol–water partition coefficient (Wildman–Crippen LogP) is 5.12. The SMILES string of the molecule is Nc1nc(-c2ccc(OCc3cccc4ccccc34)cc2)cs1. The first-order valence-corrected chi connectivity index (χ1v) is 8.58. The molecule has 0 aliphatic rings. The first kappa shape index (κ1) is 14.7. The number of hydrogen-bond acceptors (Lipinski definition) is 4. The molecule has 1 heterocycles. The lowest BCUT2D eigenvalue weighted by atomic mass is 10.1. The third kappa shape index (κ3) is 2.96. The Kier molecular flexibility index (Phi) is 3.89. The number of hydrogen-bond donors (Lipinski definition) is 1. The van der Waals surface area contributed by atoms with Crippen LogP contribution in [0.4, 0.5) is 5.13 Å². The molecule has 0 aliphatic heterocycles. The molecule has 0 fully saturated rings. The van der Waals surface area contributed by atoms with Crippen molar-refractivity contribution in [3.05, 3.63) is 77.7 Å². The maximum absolute atomic E-state index is 5.95. The van der Waals surface area contributed by atoms with Crippen LogP contribution in [0.1, 0.15) is 5.56 Å². The van der Waals surface area contributed by atoms with Crippen molar-refractivity contribution in [3.63, 3.8) is 0 Å². The van der Waals surface area contributed by atoms with Gasteiger partial charge in [0.2, 0.25) is 0 Å². The number of ether oxygens (including phenoxy) is 1. The van der Waals surface area contributed by atoms with Gasteiger partial charge in [0, 0.05) is 10.9 Å². The smallest absolute Gasteiger partial charge is 0.180 e. The maximum atomic E-state index is 5.95. The van der Waals surface area contributed by atoms with E-state index in [0.717, 1.165) is 17.0 Å². The van der Waals surface area contributed by atoms with Crippen molar-refractivity contribution in [2.75, 3.05) is 5.73 Å². The van der Waals surface area contributed by atoms with Crippen molar-refractivity contribution in [2.24, 2.45) is 0 Å². The Morgan fingerprint density at radius 2 is 1.71 bits per heavy atom. The summed E-state index contributed by atoms with van der Waals surface area (Å²) in [5, 5.41) is 5.01. The summed E-state index contributed by atoms with van der Waals surface area (Å²) in [5.74, 6) is 0.842. The highest BCUT2D eigenvalue weighted by molar-refractivity contribution is 7.13. The van der Waals surface area contributed by atoms with Gasteiger partial charge in [-0.2, -0.15) is 0 Å². The summed E-state index contributed by atoms with van der Waals surface area (Å²) < 4.78 is 5.95. The Hall–Kier alpha value is -2.85. The molecule has 1 aromatic heterocycles. The quantitative estimate of drug-likeness (QED) is 0.564. The third-order valence-electron chi connectivity index (χ3n) is 3.95. The van der Waals surface area contributed by atoms with E-state index in [4.69, 9.17) is 10.5 Å². The van der Waals surface area contributed by atoms with Gasteiger partial charge in [-0.25, -0.2) is 4.98 Å². The number of benzene rings is 3. The molecule has 0 unspecified atom stereocenters. The number of nitrogens with two attached hydrogens (primary N) is 1. The predicted molar refractivity (Wildman–Crippen MR) is 100 cm³/mol. The molecule has 3 nitrogen and oxygen atoms in total. The van der Waals surface area contributed by atoms with Gasteiger partial charge in [0.15, 0.2) is 5.13 Å². The summed E-state index contributed by atoms with van der Waals surface area (Å²) in [4.78, 5) is 4.29. The van der Waals surface area contributed by atoms with Crippen LogP contribution in [0.5, 0.6) is 5.75 Å². The van der Waals surface area contributed by atoms with E-state index in [1.54, 1.807) is 0 Å². The van der Waals surface area contributed by atoms with Crippen molar-refractivity contribution < 1.29 is 4.74 Å². The van der Waals surface area contributed by atoms with Crippen LogP contribution < -0.4 is 10.5 Å². The second-order valence-corrected chi connectivity index (χ2v) is 6.41. The largest absolute Gasteiger partial charge is 0.489 e. The summed E-state index contributed by atoms with van der Waals surface area (Å²) in [6.45, 7) is 0.546. The number of rotatable bonds is 4. The molecular formula is C20H16N2OS. The van der Waals surface area contributed by atoms with Gasteiger partial charge in [0.1, 0.15) is 12.4 Å². The van der Waals surface area contributed by atoms with Gasteiger partial charge >= 0.3 is 0 Å². The molecule has 0 spiro atoms. The summed E-state index contributed by atoms with van der Waals surface area (Å²) in [6, 6.07) is 22.6. The van der Waals surface area contributed by atoms with Gasteiger partial charge in [-0.05, 0) is 40.6 Å². The summed E-state index contributed by atoms with van der Waals surface area (Å²) in [7, 11) is 0. The molecule has 0 radical (unpaired) electrons. The lowest BCUT2D eigenvalue weighted by Gasteiger charge is -2.09. The fourth-order valence-electron chi connectivity index (χ4n) is 2.72. The molecule has 4 rings (SSSR count). The first-order chi connectivity index (χ1) is 11.8. The molecule has 0 aliphatic carbocycles. The highest BCUT2D eigenvalue weighted by Crippen LogP contribution is 2.26. The number of thiazole rings is 1. The van der Waals surface area contributed by atoms with Crippen LogP contribution in [0.3, 0.4) is 0 Å². The average molecular weight is 332 g/mol. The van der Waals surface area contributed by atoms with E-state index >= 15 is 0 Å². The Morgan fingerprint density at radius 3 is 2.50 bits per heavy atom. The minimum absolute atomic E-state index is 0.546. The zero-order chi connectivity index (χ0) is 16.4. The van der Waals surface area contributed by atoms with E-state index in [-0.39, 0.29) is 0 Å². The van der Waals surface area contributed by atoms with E-state index in [2.05, 4.69) is 47.4 Å². The highest BCUT2D eigenvalue weighted by Gasteiger charge is 2.04. The van der Waals surface area contributed by atoms with Crippen molar-refractivity contribution in [1.82, 2.24) is 4.98 Å². The van der Waals surface area contributed by atoms with E-state index in [1.165, 1.54) is 27.7 Å². The fourth-order valence-corrected chi connectivity index (χ4v) is 3.29. The Balaban J connectivity index is 1.51. The van der Waals surface area contributed by atoms with Crippen LogP contribution >= 0.6 is 11.3 Å². The van der Waals surface area contributed by atoms with Crippen LogP contribution in [0.25, 0.3) is 22.0 Å². The molecule has 4 heteroatoms. The molecule has 118 valence electrons. The molecule has 4 aromatic rings. The lowest BCUT2D eigenvalue weighted by molar-refractivity contribution is 0.308. The topological polar surface area (TPSA) is 48.1 Å². The molecule has 2 N–H and O–H groups in total. The summed E-state index contributed by atoms with van der Waals surface area (Å²) >= 11 is 1.45. The number of aromatic nitrogens is 1. The molecule has 0 bridgehead atoms. The van der Waals surface area contributed by atoms with Gasteiger partial charge in [-0.15, -0.1) is 11.3 Å². The zero-order valence-electron chi connectivity index (χ0n) is 13.0. The Morgan fingerprint density at radius 1 is 0.917 bits per heavy atom. The monoisotopic (exact) mass is 332 g/mol. The normalized spacial score (nSPS) is 10.8. The van der Waals surface area contributed by atoms with E-state index in [9.17, 15) is 0 Å². The minimum Gasteiger partial charge on any atom is -0.489 e. The van der Waals surface area contributed by atoms with E-state index in [1.807, 2.05) is 29.6 Å². The second kappa shape index (κ2) is 6.34. The molecule has 3 aromatic carbocycles. The third-order valence-corrected chi connectivity index (χ3v) is 4.62. The number of nitrogens with zero attached hydrogens (tertiary/aromatic N) is 1. The van der Waals surface area contributed by atoms with Crippen LogP contribution in [-0.2, 0) is 6.61 Å². The number of fused-ring (bicyclic) bond motifs is 1. The van der Waals surface area contributed by atoms with Crippen LogP contribution in [0.15, 0.2) is 72.1 Å². The minimum atomic E-state index is 0.546. The number of anilines is 1. The Labute approximate surface area is 144 Å². The average Bonchev–Trinajstić information content (AvgIpc) is 3.07. The van der Waals surface area contributed by atoms with Crippen molar-refractivity contribution in [3.8, 4) is 17.0 Å². The second-order valence-electron chi connectivity index (χ2n) is 5.52. The van der Waals surface area contributed by atoms with Gasteiger partial charge in [-0.3, -0.25) is 0 Å². The maximum Gasteiger partial charge on any atom is 0.180 e. The van der Waals surface area contributed by atoms with Gasteiger partial charge < -0.3 is 10.5 Å². The van der Waals surface area contributed by atoms with Crippen molar-refractivity contribution >= 4 is 27.2 Å². The van der Waals surface area contributed by atoms with Crippen LogP contribution in [0, 0.1) is 0 Å². The number of nitrogen functional groups attached to an aromatic ring is 1. The van der Waals surface area contributed by atoms with Crippen LogP contribution in [-0.4, -0.2) is 4.98 Å². The fraction of sp³-hybridized carbons (Fsp3) is 0.0500. The Bertz CT molecular complexity index is 971. The first-order valence-electron chi connectivity index (χ1n) is 7.70. The van der Waals surface area contributed by atoms with Crippen molar-refractivity contribution in [1.29, 1.82) is 0 Å². The summed E-state index contributed by atoms with van der Waals surface area (Å²) in [5.41, 5.74) is 8.81. The highest BCUT2D eigenvalue weighted by atomic mass is 32.1. The summed E-state index contributed by atoms with van der Waals surface area (Å²) in [6.07, 6.45) is 0. The van der Waals surface area contributed by atoms with Crippen LogP contribution in [0.2, 0.25) is 0 Å². The zero-order valence-corrected chi connectivity index (χ0v) is 13.8. The van der Waals surface area contributed by atoms with Gasteiger partial charge in [-0.1, -0.05) is 42.5 Å². The lowest BCUT2D eigenvalue weighted by Crippen LogP contribution is -1.96. The van der Waals surface area contributed by atoms with E-state index in [0.29, 0.717) is 11.7 Å². The molecular weight excluding hydrogens is 316 g/mol. The molecule has 0 saturated carbocycles. The van der Waals surface area contributed by atoms with Gasteiger partial charge in [0.25, 0.3) is 0 Å². The van der Waals surface area contributed by atoms with Gasteiger partial charge in [0.05, 0.1) is 5.69 Å². The molecule has 0 saturated heterocycles. The molecule has 0 atom stereocenters. The molecule has 24 heavy (non-hydrogen) atoms. The standard InChI is InChI=1S/C20H16N2OS/c21-20-22-19(13-24-20)15-8-10-17(11-9-15)23-12-16-6-3-5-14-4-1-2-7-18(14)16/h1-11,13H,12H2,(H2,21,22). The molecule has 0 amide bonds.